The zero-order chi connectivity index (χ0) is 17.3. The fourth-order valence-electron chi connectivity index (χ4n) is 2.98. The molecular weight excluding hydrogens is 302 g/mol. The molecule has 1 fully saturated rings. The summed E-state index contributed by atoms with van der Waals surface area (Å²) in [5, 5.41) is 6.95. The van der Waals surface area contributed by atoms with Gasteiger partial charge in [0.25, 0.3) is 0 Å². The van der Waals surface area contributed by atoms with Crippen LogP contribution in [0.3, 0.4) is 0 Å². The first-order valence-electron chi connectivity index (χ1n) is 9.23. The van der Waals surface area contributed by atoms with E-state index in [1.807, 2.05) is 12.1 Å². The van der Waals surface area contributed by atoms with Gasteiger partial charge in [0.1, 0.15) is 5.76 Å². The van der Waals surface area contributed by atoms with E-state index in [2.05, 4.69) is 24.5 Å². The van der Waals surface area contributed by atoms with Gasteiger partial charge in [0.15, 0.2) is 5.96 Å². The van der Waals surface area contributed by atoms with Gasteiger partial charge >= 0.3 is 0 Å². The molecule has 2 rings (SSSR count). The van der Waals surface area contributed by atoms with Crippen LogP contribution in [0.4, 0.5) is 0 Å². The number of aliphatic imine (C=N–C) groups is 1. The van der Waals surface area contributed by atoms with Crippen LogP contribution in [0.15, 0.2) is 27.8 Å². The van der Waals surface area contributed by atoms with Gasteiger partial charge < -0.3 is 19.8 Å². The molecule has 0 aliphatic heterocycles. The fraction of sp³-hybridized carbons (Fsp3) is 0.737. The van der Waals surface area contributed by atoms with Crippen LogP contribution in [-0.4, -0.2) is 38.8 Å². The molecule has 5 heteroatoms. The molecule has 1 unspecified atom stereocenters. The van der Waals surface area contributed by atoms with Crippen molar-refractivity contribution in [2.24, 2.45) is 10.4 Å². The Morgan fingerprint density at radius 3 is 2.88 bits per heavy atom. The van der Waals surface area contributed by atoms with Gasteiger partial charge in [0, 0.05) is 39.3 Å². The number of methoxy groups -OCH3 is 1. The SMILES string of the molecule is CCC(C)NC(=NCC1(CCOC)CCC1)NCCc1ccco1. The van der Waals surface area contributed by atoms with Gasteiger partial charge in [0.2, 0.25) is 0 Å². The molecule has 1 aromatic heterocycles. The van der Waals surface area contributed by atoms with E-state index < -0.39 is 0 Å². The summed E-state index contributed by atoms with van der Waals surface area (Å²) in [7, 11) is 1.78. The first-order valence-corrected chi connectivity index (χ1v) is 9.23. The molecule has 24 heavy (non-hydrogen) atoms. The van der Waals surface area contributed by atoms with Crippen LogP contribution in [0, 0.1) is 5.41 Å². The number of ether oxygens (including phenoxy) is 1. The van der Waals surface area contributed by atoms with Crippen molar-refractivity contribution in [3.8, 4) is 0 Å². The molecule has 2 N–H and O–H groups in total. The average Bonchev–Trinajstić information content (AvgIpc) is 3.06. The third kappa shape index (κ3) is 5.86. The molecule has 0 spiro atoms. The Morgan fingerprint density at radius 1 is 1.46 bits per heavy atom. The highest BCUT2D eigenvalue weighted by Gasteiger charge is 2.36. The van der Waals surface area contributed by atoms with Crippen LogP contribution in [0.25, 0.3) is 0 Å². The molecule has 1 heterocycles. The van der Waals surface area contributed by atoms with Crippen LogP contribution in [0.5, 0.6) is 0 Å². The van der Waals surface area contributed by atoms with E-state index in [-0.39, 0.29) is 0 Å². The minimum atomic E-state index is 0.348. The topological polar surface area (TPSA) is 58.8 Å². The van der Waals surface area contributed by atoms with E-state index >= 15 is 0 Å². The molecule has 5 nitrogen and oxygen atoms in total. The molecule has 1 aliphatic rings. The second kappa shape index (κ2) is 9.72. The highest BCUT2D eigenvalue weighted by Crippen LogP contribution is 2.44. The van der Waals surface area contributed by atoms with E-state index in [4.69, 9.17) is 14.1 Å². The molecule has 1 aliphatic carbocycles. The number of hydrogen-bond donors (Lipinski definition) is 2. The Balaban J connectivity index is 1.88. The summed E-state index contributed by atoms with van der Waals surface area (Å²) in [5.74, 6) is 1.92. The summed E-state index contributed by atoms with van der Waals surface area (Å²) >= 11 is 0. The van der Waals surface area contributed by atoms with Crippen molar-refractivity contribution < 1.29 is 9.15 Å². The molecular formula is C19H33N3O2. The van der Waals surface area contributed by atoms with Crippen LogP contribution in [0.2, 0.25) is 0 Å². The Labute approximate surface area is 146 Å². The lowest BCUT2D eigenvalue weighted by atomic mass is 9.67. The number of nitrogens with one attached hydrogen (secondary N) is 2. The van der Waals surface area contributed by atoms with Crippen LogP contribution in [-0.2, 0) is 11.2 Å². The molecule has 1 atom stereocenters. The lowest BCUT2D eigenvalue weighted by Crippen LogP contribution is -2.44. The standard InChI is InChI=1S/C19H33N3O2/c1-4-16(2)22-18(20-12-8-17-7-5-13-24-17)21-15-19(9-6-10-19)11-14-23-3/h5,7,13,16H,4,6,8-12,14-15H2,1-3H3,(H2,20,21,22). The van der Waals surface area contributed by atoms with Crippen molar-refractivity contribution >= 4 is 5.96 Å². The van der Waals surface area contributed by atoms with Crippen molar-refractivity contribution in [3.63, 3.8) is 0 Å². The monoisotopic (exact) mass is 335 g/mol. The smallest absolute Gasteiger partial charge is 0.191 e. The van der Waals surface area contributed by atoms with Crippen molar-refractivity contribution in [2.75, 3.05) is 26.8 Å². The lowest BCUT2D eigenvalue weighted by Gasteiger charge is -2.41. The molecule has 0 bridgehead atoms. The first kappa shape index (κ1) is 18.8. The minimum Gasteiger partial charge on any atom is -0.469 e. The lowest BCUT2D eigenvalue weighted by molar-refractivity contribution is 0.0778. The molecule has 0 saturated heterocycles. The van der Waals surface area contributed by atoms with Gasteiger partial charge in [-0.3, -0.25) is 4.99 Å². The van der Waals surface area contributed by atoms with Crippen molar-refractivity contribution in [2.45, 2.75) is 58.4 Å². The Morgan fingerprint density at radius 2 is 2.29 bits per heavy atom. The van der Waals surface area contributed by atoms with E-state index in [1.54, 1.807) is 13.4 Å². The fourth-order valence-corrected chi connectivity index (χ4v) is 2.98. The highest BCUT2D eigenvalue weighted by molar-refractivity contribution is 5.80. The number of guanidine groups is 1. The third-order valence-corrected chi connectivity index (χ3v) is 5.06. The summed E-state index contributed by atoms with van der Waals surface area (Å²) in [6, 6.07) is 4.35. The molecule has 0 amide bonds. The summed E-state index contributed by atoms with van der Waals surface area (Å²) in [6.07, 6.45) is 8.62. The van der Waals surface area contributed by atoms with Crippen molar-refractivity contribution in [3.05, 3.63) is 24.2 Å². The summed E-state index contributed by atoms with van der Waals surface area (Å²) in [4.78, 5) is 4.89. The number of hydrogen-bond acceptors (Lipinski definition) is 3. The number of furan rings is 1. The second-order valence-electron chi connectivity index (χ2n) is 6.97. The van der Waals surface area contributed by atoms with Gasteiger partial charge in [-0.2, -0.15) is 0 Å². The molecule has 1 aromatic rings. The highest BCUT2D eigenvalue weighted by atomic mass is 16.5. The van der Waals surface area contributed by atoms with E-state index in [1.165, 1.54) is 19.3 Å². The average molecular weight is 335 g/mol. The van der Waals surface area contributed by atoms with E-state index in [0.717, 1.165) is 50.7 Å². The molecule has 0 aromatic carbocycles. The van der Waals surface area contributed by atoms with E-state index in [0.29, 0.717) is 11.5 Å². The van der Waals surface area contributed by atoms with Crippen LogP contribution >= 0.6 is 0 Å². The van der Waals surface area contributed by atoms with Crippen LogP contribution < -0.4 is 10.6 Å². The maximum absolute atomic E-state index is 5.39. The predicted molar refractivity (Wildman–Crippen MR) is 98.4 cm³/mol. The predicted octanol–water partition coefficient (Wildman–Crippen LogP) is 3.36. The largest absolute Gasteiger partial charge is 0.469 e. The van der Waals surface area contributed by atoms with Gasteiger partial charge in [-0.1, -0.05) is 13.3 Å². The Bertz CT molecular complexity index is 481. The Kier molecular flexibility index (Phi) is 7.63. The summed E-state index contributed by atoms with van der Waals surface area (Å²) in [5.41, 5.74) is 0.348. The maximum atomic E-state index is 5.39. The molecule has 0 radical (unpaired) electrons. The number of rotatable bonds is 10. The maximum Gasteiger partial charge on any atom is 0.191 e. The van der Waals surface area contributed by atoms with Crippen molar-refractivity contribution in [1.82, 2.24) is 10.6 Å². The second-order valence-corrected chi connectivity index (χ2v) is 6.97. The van der Waals surface area contributed by atoms with Gasteiger partial charge in [-0.05, 0) is 50.2 Å². The van der Waals surface area contributed by atoms with Gasteiger partial charge in [-0.25, -0.2) is 0 Å². The molecule has 1 saturated carbocycles. The zero-order valence-corrected chi connectivity index (χ0v) is 15.4. The van der Waals surface area contributed by atoms with Gasteiger partial charge in [0.05, 0.1) is 6.26 Å². The summed E-state index contributed by atoms with van der Waals surface area (Å²) in [6.45, 7) is 6.90. The van der Waals surface area contributed by atoms with Crippen LogP contribution in [0.1, 0.15) is 51.7 Å². The quantitative estimate of drug-likeness (QED) is 0.508. The summed E-state index contributed by atoms with van der Waals surface area (Å²) < 4.78 is 10.7. The first-order chi connectivity index (χ1) is 11.7. The van der Waals surface area contributed by atoms with Gasteiger partial charge in [-0.15, -0.1) is 0 Å². The Hall–Kier alpha value is -1.49. The van der Waals surface area contributed by atoms with E-state index in [9.17, 15) is 0 Å². The normalized spacial score (nSPS) is 18.0. The minimum absolute atomic E-state index is 0.348. The van der Waals surface area contributed by atoms with Crippen molar-refractivity contribution in [1.29, 1.82) is 0 Å². The number of nitrogens with zero attached hydrogens (tertiary/aromatic N) is 1. The zero-order valence-electron chi connectivity index (χ0n) is 15.4. The molecule has 136 valence electrons. The third-order valence-electron chi connectivity index (χ3n) is 5.06.